The van der Waals surface area contributed by atoms with E-state index in [-0.39, 0.29) is 24.8 Å². The highest BCUT2D eigenvalue weighted by molar-refractivity contribution is 5.98. The molecular weight excluding hydrogens is 380 g/mol. The maximum atomic E-state index is 12.2. The van der Waals surface area contributed by atoms with E-state index in [1.165, 1.54) is 4.90 Å². The van der Waals surface area contributed by atoms with E-state index in [0.717, 1.165) is 5.56 Å². The number of rotatable bonds is 6. The number of nitrogens with one attached hydrogen (secondary N) is 2. The summed E-state index contributed by atoms with van der Waals surface area (Å²) in [5.74, 6) is -0.347. The summed E-state index contributed by atoms with van der Waals surface area (Å²) >= 11 is 0. The van der Waals surface area contributed by atoms with Crippen molar-refractivity contribution in [1.29, 1.82) is 5.41 Å². The zero-order chi connectivity index (χ0) is 21.0. The van der Waals surface area contributed by atoms with Gasteiger partial charge in [0.1, 0.15) is 12.4 Å². The van der Waals surface area contributed by atoms with Crippen molar-refractivity contribution in [2.45, 2.75) is 12.8 Å². The van der Waals surface area contributed by atoms with Crippen molar-refractivity contribution in [2.24, 2.45) is 5.73 Å². The Labute approximate surface area is 165 Å². The van der Waals surface area contributed by atoms with Crippen LogP contribution in [-0.4, -0.2) is 41.9 Å². The molecule has 5 N–H and O–H groups in total. The van der Waals surface area contributed by atoms with Crippen LogP contribution in [0.15, 0.2) is 48.5 Å². The summed E-state index contributed by atoms with van der Waals surface area (Å²) in [6, 6.07) is 13.2. The van der Waals surface area contributed by atoms with Gasteiger partial charge in [0.05, 0.1) is 0 Å². The molecule has 2 amide bonds. The van der Waals surface area contributed by atoms with E-state index in [1.54, 1.807) is 48.5 Å². The number of cyclic esters (lactones) is 1. The first-order valence-corrected chi connectivity index (χ1v) is 8.53. The van der Waals surface area contributed by atoms with Crippen LogP contribution in [0.25, 0.3) is 0 Å². The molecule has 0 spiro atoms. The van der Waals surface area contributed by atoms with Gasteiger partial charge in [-0.05, 0) is 29.8 Å². The molecule has 1 aliphatic heterocycles. The second kappa shape index (κ2) is 8.30. The Balaban J connectivity index is 1.56. The third kappa shape index (κ3) is 4.80. The lowest BCUT2D eigenvalue weighted by Gasteiger charge is -2.13. The number of carboxylic acid groups (broad SMARTS) is 1. The van der Waals surface area contributed by atoms with E-state index < -0.39 is 18.5 Å². The quantitative estimate of drug-likeness (QED) is 0.329. The van der Waals surface area contributed by atoms with Crippen molar-refractivity contribution in [1.82, 2.24) is 5.32 Å². The lowest BCUT2D eigenvalue weighted by molar-refractivity contribution is -0.0491. The predicted octanol–water partition coefficient (Wildman–Crippen LogP) is 1.88. The van der Waals surface area contributed by atoms with E-state index in [9.17, 15) is 14.4 Å². The van der Waals surface area contributed by atoms with E-state index in [4.69, 9.17) is 21.0 Å². The van der Waals surface area contributed by atoms with Crippen molar-refractivity contribution >= 4 is 29.7 Å². The summed E-state index contributed by atoms with van der Waals surface area (Å²) in [7, 11) is 0. The van der Waals surface area contributed by atoms with Crippen LogP contribution in [0, 0.1) is 5.41 Å². The summed E-state index contributed by atoms with van der Waals surface area (Å²) in [5.41, 5.74) is 7.68. The van der Waals surface area contributed by atoms with Gasteiger partial charge in [-0.1, -0.05) is 24.3 Å². The number of carbonyl (C=O) groups excluding carboxylic acids is 2. The highest BCUT2D eigenvalue weighted by Gasteiger charge is 2.34. The summed E-state index contributed by atoms with van der Waals surface area (Å²) in [6.07, 6.45) is -3.40. The third-order valence-corrected chi connectivity index (χ3v) is 4.18. The zero-order valence-corrected chi connectivity index (χ0v) is 15.1. The van der Waals surface area contributed by atoms with Crippen molar-refractivity contribution in [3.63, 3.8) is 0 Å². The number of amidine groups is 1. The monoisotopic (exact) mass is 398 g/mol. The second-order valence-corrected chi connectivity index (χ2v) is 6.15. The minimum absolute atomic E-state index is 0.0442. The van der Waals surface area contributed by atoms with Crippen LogP contribution in [0.1, 0.15) is 21.5 Å². The molecule has 2 aromatic carbocycles. The molecule has 1 aliphatic rings. The molecule has 2 aromatic rings. The van der Waals surface area contributed by atoms with Gasteiger partial charge < -0.3 is 25.6 Å². The van der Waals surface area contributed by atoms with Crippen LogP contribution < -0.4 is 16.0 Å². The molecule has 0 aliphatic carbocycles. The van der Waals surface area contributed by atoms with Gasteiger partial charge in [-0.25, -0.2) is 9.59 Å². The molecule has 10 nitrogen and oxygen atoms in total. The largest absolute Gasteiger partial charge is 0.508 e. The molecule has 3 rings (SSSR count). The Morgan fingerprint density at radius 1 is 1.17 bits per heavy atom. The van der Waals surface area contributed by atoms with Crippen LogP contribution in [0.4, 0.5) is 15.3 Å². The normalized spacial score (nSPS) is 15.5. The fourth-order valence-corrected chi connectivity index (χ4v) is 2.70. The minimum Gasteiger partial charge on any atom is -0.450 e. The van der Waals surface area contributed by atoms with Crippen molar-refractivity contribution < 1.29 is 29.0 Å². The number of hydrogen-bond donors (Lipinski definition) is 4. The molecule has 1 saturated heterocycles. The van der Waals surface area contributed by atoms with Gasteiger partial charge >= 0.3 is 12.2 Å². The maximum Gasteiger partial charge on any atom is 0.508 e. The Hall–Kier alpha value is -4.08. The SMILES string of the molecule is N=C(N)c1ccc(C(=O)NCc2ccc(N3CC(OC(=O)O)OC3=O)cc2)cc1. The molecule has 29 heavy (non-hydrogen) atoms. The fraction of sp³-hybridized carbons (Fsp3) is 0.158. The van der Waals surface area contributed by atoms with Crippen molar-refractivity contribution in [3.05, 3.63) is 65.2 Å². The Kier molecular flexibility index (Phi) is 5.63. The topological polar surface area (TPSA) is 155 Å². The number of ether oxygens (including phenoxy) is 2. The number of nitrogen functional groups attached to an aromatic ring is 1. The van der Waals surface area contributed by atoms with Crippen molar-refractivity contribution in [2.75, 3.05) is 11.4 Å². The Morgan fingerprint density at radius 2 is 1.79 bits per heavy atom. The van der Waals surface area contributed by atoms with Gasteiger partial charge in [-0.15, -0.1) is 0 Å². The molecule has 0 aromatic heterocycles. The Morgan fingerprint density at radius 3 is 2.38 bits per heavy atom. The summed E-state index contributed by atoms with van der Waals surface area (Å²) in [5, 5.41) is 18.7. The molecule has 0 saturated carbocycles. The average Bonchev–Trinajstić information content (AvgIpc) is 3.05. The van der Waals surface area contributed by atoms with Gasteiger partial charge in [-0.3, -0.25) is 15.1 Å². The predicted molar refractivity (Wildman–Crippen MR) is 102 cm³/mol. The van der Waals surface area contributed by atoms with E-state index in [0.29, 0.717) is 16.8 Å². The number of amides is 2. The van der Waals surface area contributed by atoms with Crippen LogP contribution in [-0.2, 0) is 16.0 Å². The van der Waals surface area contributed by atoms with Gasteiger partial charge in [0, 0.05) is 23.4 Å². The molecule has 150 valence electrons. The second-order valence-electron chi connectivity index (χ2n) is 6.15. The number of anilines is 1. The van der Waals surface area contributed by atoms with Gasteiger partial charge in [-0.2, -0.15) is 0 Å². The lowest BCUT2D eigenvalue weighted by Crippen LogP contribution is -2.26. The van der Waals surface area contributed by atoms with Crippen molar-refractivity contribution in [3.8, 4) is 0 Å². The van der Waals surface area contributed by atoms with Crippen LogP contribution in [0.5, 0.6) is 0 Å². The third-order valence-electron chi connectivity index (χ3n) is 4.18. The van der Waals surface area contributed by atoms with Crippen LogP contribution >= 0.6 is 0 Å². The number of nitrogens with two attached hydrogens (primary N) is 1. The maximum absolute atomic E-state index is 12.2. The summed E-state index contributed by atoms with van der Waals surface area (Å²) < 4.78 is 9.28. The lowest BCUT2D eigenvalue weighted by atomic mass is 10.1. The molecule has 1 heterocycles. The molecule has 10 heteroatoms. The number of nitrogens with zero attached hydrogens (tertiary/aromatic N) is 1. The molecule has 0 bridgehead atoms. The van der Waals surface area contributed by atoms with E-state index in [2.05, 4.69) is 10.1 Å². The van der Waals surface area contributed by atoms with Gasteiger partial charge in [0.2, 0.25) is 0 Å². The Bertz CT molecular complexity index is 942. The number of carbonyl (C=O) groups is 3. The van der Waals surface area contributed by atoms with Crippen LogP contribution in [0.2, 0.25) is 0 Å². The van der Waals surface area contributed by atoms with Crippen LogP contribution in [0.3, 0.4) is 0 Å². The molecule has 0 radical (unpaired) electrons. The first-order chi connectivity index (χ1) is 13.8. The van der Waals surface area contributed by atoms with Gasteiger partial charge in [0.25, 0.3) is 12.2 Å². The summed E-state index contributed by atoms with van der Waals surface area (Å²) in [6.45, 7) is 0.222. The highest BCUT2D eigenvalue weighted by Crippen LogP contribution is 2.22. The first kappa shape index (κ1) is 19.7. The van der Waals surface area contributed by atoms with E-state index >= 15 is 0 Å². The molecule has 1 fully saturated rings. The smallest absolute Gasteiger partial charge is 0.450 e. The summed E-state index contributed by atoms with van der Waals surface area (Å²) in [4.78, 5) is 35.9. The standard InChI is InChI=1S/C19H18N4O6/c20-16(21)12-3-5-13(6-4-12)17(24)22-9-11-1-7-14(8-2-11)23-10-15(28-18(23)25)29-19(26)27/h1-8,15H,9-10H2,(H3,20,21)(H,22,24)(H,26,27). The molecule has 1 unspecified atom stereocenters. The molecular formula is C19H18N4O6. The number of hydrogen-bond acceptors (Lipinski definition) is 6. The van der Waals surface area contributed by atoms with Gasteiger partial charge in [0.15, 0.2) is 0 Å². The van der Waals surface area contributed by atoms with E-state index in [1.807, 2.05) is 0 Å². The zero-order valence-electron chi connectivity index (χ0n) is 15.1. The highest BCUT2D eigenvalue weighted by atomic mass is 16.8. The minimum atomic E-state index is -1.52. The average molecular weight is 398 g/mol. The first-order valence-electron chi connectivity index (χ1n) is 8.53. The molecule has 1 atom stereocenters. The fourth-order valence-electron chi connectivity index (χ4n) is 2.70. The number of benzene rings is 2.